The fraction of sp³-hybridized carbons (Fsp3) is 0.278. The first-order chi connectivity index (χ1) is 11.9. The molecule has 25 heavy (non-hydrogen) atoms. The Morgan fingerprint density at radius 2 is 1.76 bits per heavy atom. The quantitative estimate of drug-likeness (QED) is 0.672. The smallest absolute Gasteiger partial charge is 0.276 e. The average Bonchev–Trinajstić information content (AvgIpc) is 2.61. The monoisotopic (exact) mass is 360 g/mol. The number of fused-ring (bicyclic) bond motifs is 1. The molecule has 6 nitrogen and oxygen atoms in total. The summed E-state index contributed by atoms with van der Waals surface area (Å²) in [7, 11) is -3.73. The van der Waals surface area contributed by atoms with E-state index in [1.807, 2.05) is 19.1 Å². The van der Waals surface area contributed by atoms with Gasteiger partial charge in [-0.1, -0.05) is 12.1 Å². The Morgan fingerprint density at radius 3 is 2.52 bits per heavy atom. The molecule has 0 atom stereocenters. The van der Waals surface area contributed by atoms with Crippen molar-refractivity contribution in [2.75, 3.05) is 13.2 Å². The van der Waals surface area contributed by atoms with Gasteiger partial charge < -0.3 is 9.47 Å². The first-order valence-corrected chi connectivity index (χ1v) is 9.38. The second-order valence-electron chi connectivity index (χ2n) is 5.92. The number of nitrogens with zero attached hydrogens (tertiary/aromatic N) is 1. The molecule has 2 aromatic rings. The lowest BCUT2D eigenvalue weighted by atomic mass is 10.1. The van der Waals surface area contributed by atoms with Crippen molar-refractivity contribution in [2.24, 2.45) is 5.10 Å². The maximum absolute atomic E-state index is 12.5. The van der Waals surface area contributed by atoms with E-state index in [4.69, 9.17) is 9.47 Å². The molecule has 0 fully saturated rings. The summed E-state index contributed by atoms with van der Waals surface area (Å²) in [6.45, 7) is 6.35. The Labute approximate surface area is 147 Å². The number of ether oxygens (including phenoxy) is 2. The first kappa shape index (κ1) is 17.3. The predicted molar refractivity (Wildman–Crippen MR) is 95.9 cm³/mol. The van der Waals surface area contributed by atoms with E-state index >= 15 is 0 Å². The highest BCUT2D eigenvalue weighted by Gasteiger charge is 2.17. The summed E-state index contributed by atoms with van der Waals surface area (Å²) in [6, 6.07) is 10.7. The van der Waals surface area contributed by atoms with Crippen LogP contribution in [0.5, 0.6) is 11.5 Å². The lowest BCUT2D eigenvalue weighted by molar-refractivity contribution is 0.171. The lowest BCUT2D eigenvalue weighted by Gasteiger charge is -2.18. The van der Waals surface area contributed by atoms with Crippen LogP contribution in [-0.2, 0) is 10.0 Å². The summed E-state index contributed by atoms with van der Waals surface area (Å²) >= 11 is 0. The minimum absolute atomic E-state index is 0.228. The van der Waals surface area contributed by atoms with Crippen molar-refractivity contribution in [3.05, 3.63) is 53.1 Å². The second kappa shape index (κ2) is 6.76. The van der Waals surface area contributed by atoms with Crippen LogP contribution in [0.3, 0.4) is 0 Å². The summed E-state index contributed by atoms with van der Waals surface area (Å²) < 4.78 is 36.0. The maximum atomic E-state index is 12.5. The summed E-state index contributed by atoms with van der Waals surface area (Å²) in [5.74, 6) is 1.31. The molecule has 0 radical (unpaired) electrons. The molecule has 0 spiro atoms. The number of nitrogens with one attached hydrogen (secondary N) is 1. The summed E-state index contributed by atoms with van der Waals surface area (Å²) in [5.41, 5.74) is 2.84. The van der Waals surface area contributed by atoms with Crippen molar-refractivity contribution in [3.63, 3.8) is 0 Å². The minimum Gasteiger partial charge on any atom is -0.486 e. The van der Waals surface area contributed by atoms with Crippen LogP contribution in [0.15, 0.2) is 46.4 Å². The summed E-state index contributed by atoms with van der Waals surface area (Å²) in [5, 5.41) is 4.04. The van der Waals surface area contributed by atoms with Crippen LogP contribution in [0.1, 0.15) is 23.6 Å². The highest BCUT2D eigenvalue weighted by molar-refractivity contribution is 7.89. The standard InChI is InChI=1S/C18H20N2O4S/c1-12-4-5-13(2)18(10-12)25(21,22)20-19-14(3)15-6-7-16-17(11-15)24-9-8-23-16/h4-7,10-11,20H,8-9H2,1-3H3/b19-14+. The number of hydrazone groups is 1. The van der Waals surface area contributed by atoms with Crippen LogP contribution < -0.4 is 14.3 Å². The molecule has 0 aliphatic carbocycles. The SMILES string of the molecule is C/C(=N\NS(=O)(=O)c1cc(C)ccc1C)c1ccc2c(c1)OCCO2. The van der Waals surface area contributed by atoms with Gasteiger partial charge in [0.1, 0.15) is 13.2 Å². The van der Waals surface area contributed by atoms with E-state index in [1.165, 1.54) is 0 Å². The third kappa shape index (κ3) is 3.76. The van der Waals surface area contributed by atoms with Gasteiger partial charge in [0.15, 0.2) is 11.5 Å². The highest BCUT2D eigenvalue weighted by atomic mass is 32.2. The van der Waals surface area contributed by atoms with E-state index in [9.17, 15) is 8.42 Å². The molecule has 1 aliphatic heterocycles. The van der Waals surface area contributed by atoms with Crippen molar-refractivity contribution < 1.29 is 17.9 Å². The number of aryl methyl sites for hydroxylation is 2. The first-order valence-electron chi connectivity index (χ1n) is 7.90. The van der Waals surface area contributed by atoms with Crippen LogP contribution in [0.2, 0.25) is 0 Å². The van der Waals surface area contributed by atoms with Crippen molar-refractivity contribution in [1.29, 1.82) is 0 Å². The van der Waals surface area contributed by atoms with Gasteiger partial charge in [0.25, 0.3) is 10.0 Å². The fourth-order valence-electron chi connectivity index (χ4n) is 2.51. The molecule has 132 valence electrons. The van der Waals surface area contributed by atoms with Crippen LogP contribution in [-0.4, -0.2) is 27.3 Å². The molecule has 0 saturated carbocycles. The molecule has 0 saturated heterocycles. The van der Waals surface area contributed by atoms with Crippen LogP contribution >= 0.6 is 0 Å². The van der Waals surface area contributed by atoms with Gasteiger partial charge in [0.2, 0.25) is 0 Å². The molecule has 2 aromatic carbocycles. The van der Waals surface area contributed by atoms with Crippen LogP contribution in [0, 0.1) is 13.8 Å². The number of sulfonamides is 1. The molecule has 1 aliphatic rings. The lowest BCUT2D eigenvalue weighted by Crippen LogP contribution is -2.21. The number of benzene rings is 2. The van der Waals surface area contributed by atoms with Crippen LogP contribution in [0.25, 0.3) is 0 Å². The average molecular weight is 360 g/mol. The zero-order valence-electron chi connectivity index (χ0n) is 14.4. The zero-order chi connectivity index (χ0) is 18.0. The van der Waals surface area contributed by atoms with Gasteiger partial charge in [-0.05, 0) is 56.2 Å². The summed E-state index contributed by atoms with van der Waals surface area (Å²) in [4.78, 5) is 2.54. The van der Waals surface area contributed by atoms with Gasteiger partial charge in [0.05, 0.1) is 10.6 Å². The number of hydrogen-bond donors (Lipinski definition) is 1. The second-order valence-corrected chi connectivity index (χ2v) is 7.55. The normalized spacial score (nSPS) is 14.3. The fourth-order valence-corrected chi connectivity index (χ4v) is 3.70. The number of rotatable bonds is 4. The summed E-state index contributed by atoms with van der Waals surface area (Å²) in [6.07, 6.45) is 0. The predicted octanol–water partition coefficient (Wildman–Crippen LogP) is 2.78. The molecule has 0 aromatic heterocycles. The molecule has 1 heterocycles. The zero-order valence-corrected chi connectivity index (χ0v) is 15.2. The van der Waals surface area contributed by atoms with Gasteiger partial charge in [-0.3, -0.25) is 0 Å². The van der Waals surface area contributed by atoms with E-state index in [0.717, 1.165) is 11.1 Å². The van der Waals surface area contributed by atoms with E-state index in [1.54, 1.807) is 38.1 Å². The number of hydrogen-bond acceptors (Lipinski definition) is 5. The molecule has 1 N–H and O–H groups in total. The van der Waals surface area contributed by atoms with Gasteiger partial charge in [-0.2, -0.15) is 18.4 Å². The van der Waals surface area contributed by atoms with Gasteiger partial charge in [-0.15, -0.1) is 0 Å². The van der Waals surface area contributed by atoms with Crippen molar-refractivity contribution in [3.8, 4) is 11.5 Å². The molecule has 0 amide bonds. The maximum Gasteiger partial charge on any atom is 0.276 e. The minimum atomic E-state index is -3.73. The van der Waals surface area contributed by atoms with Crippen molar-refractivity contribution in [2.45, 2.75) is 25.7 Å². The topological polar surface area (TPSA) is 77.0 Å². The van der Waals surface area contributed by atoms with Gasteiger partial charge >= 0.3 is 0 Å². The van der Waals surface area contributed by atoms with E-state index in [-0.39, 0.29) is 4.90 Å². The highest BCUT2D eigenvalue weighted by Crippen LogP contribution is 2.30. The Balaban J connectivity index is 1.84. The molecular formula is C18H20N2O4S. The molecule has 0 bridgehead atoms. The van der Waals surface area contributed by atoms with E-state index in [2.05, 4.69) is 9.93 Å². The van der Waals surface area contributed by atoms with Crippen molar-refractivity contribution >= 4 is 15.7 Å². The third-order valence-electron chi connectivity index (χ3n) is 3.93. The van der Waals surface area contributed by atoms with Gasteiger partial charge in [0, 0.05) is 5.56 Å². The van der Waals surface area contributed by atoms with Gasteiger partial charge in [-0.25, -0.2) is 0 Å². The Morgan fingerprint density at radius 1 is 1.04 bits per heavy atom. The van der Waals surface area contributed by atoms with Crippen molar-refractivity contribution in [1.82, 2.24) is 4.83 Å². The Hall–Kier alpha value is -2.54. The largest absolute Gasteiger partial charge is 0.486 e. The molecule has 7 heteroatoms. The third-order valence-corrected chi connectivity index (χ3v) is 5.28. The van der Waals surface area contributed by atoms with Crippen LogP contribution in [0.4, 0.5) is 0 Å². The molecule has 0 unspecified atom stereocenters. The molecule has 3 rings (SSSR count). The van der Waals surface area contributed by atoms with E-state index in [0.29, 0.717) is 36.0 Å². The van der Waals surface area contributed by atoms with E-state index < -0.39 is 10.0 Å². The Kier molecular flexibility index (Phi) is 4.67. The molecular weight excluding hydrogens is 340 g/mol. The Bertz CT molecular complexity index is 936.